The van der Waals surface area contributed by atoms with Crippen molar-refractivity contribution in [2.75, 3.05) is 41.7 Å². The number of carbonyl (C=O) groups is 2. The van der Waals surface area contributed by atoms with Gasteiger partial charge in [0.05, 0.1) is 16.4 Å². The van der Waals surface area contributed by atoms with E-state index in [1.165, 1.54) is 23.1 Å². The van der Waals surface area contributed by atoms with Crippen LogP contribution in [-0.2, 0) is 0 Å². The lowest BCUT2D eigenvalue weighted by Gasteiger charge is -2.35. The van der Waals surface area contributed by atoms with E-state index in [0.717, 1.165) is 5.69 Å². The zero-order valence-electron chi connectivity index (χ0n) is 14.3. The zero-order valence-corrected chi connectivity index (χ0v) is 15.0. The van der Waals surface area contributed by atoms with E-state index in [0.29, 0.717) is 36.9 Å². The summed E-state index contributed by atoms with van der Waals surface area (Å²) >= 11 is 6.33. The van der Waals surface area contributed by atoms with E-state index in [9.17, 15) is 14.0 Å². The van der Waals surface area contributed by atoms with E-state index in [1.807, 2.05) is 4.90 Å². The minimum absolute atomic E-state index is 0.0778. The summed E-state index contributed by atoms with van der Waals surface area (Å²) in [5.41, 5.74) is 1.30. The molecule has 0 unspecified atom stereocenters. The third kappa shape index (κ3) is 4.59. The van der Waals surface area contributed by atoms with Gasteiger partial charge in [-0.25, -0.2) is 14.0 Å². The lowest BCUT2D eigenvalue weighted by atomic mass is 10.2. The molecule has 0 radical (unpaired) electrons. The van der Waals surface area contributed by atoms with E-state index in [-0.39, 0.29) is 5.69 Å². The van der Waals surface area contributed by atoms with Crippen molar-refractivity contribution < 1.29 is 19.1 Å². The number of hydrogen-bond donors (Lipinski definition) is 3. The monoisotopic (exact) mass is 392 g/mol. The van der Waals surface area contributed by atoms with Gasteiger partial charge in [-0.2, -0.15) is 0 Å². The van der Waals surface area contributed by atoms with Crippen LogP contribution in [0.1, 0.15) is 0 Å². The van der Waals surface area contributed by atoms with Gasteiger partial charge < -0.3 is 25.5 Å². The highest BCUT2D eigenvalue weighted by Crippen LogP contribution is 2.29. The summed E-state index contributed by atoms with van der Waals surface area (Å²) in [4.78, 5) is 26.3. The Morgan fingerprint density at radius 1 is 1.04 bits per heavy atom. The molecule has 1 aliphatic rings. The van der Waals surface area contributed by atoms with Crippen LogP contribution in [0.5, 0.6) is 0 Å². The fraction of sp³-hybridized carbons (Fsp3) is 0.222. The molecule has 3 N–H and O–H groups in total. The molecule has 27 heavy (non-hydrogen) atoms. The minimum Gasteiger partial charge on any atom is -0.465 e. The van der Waals surface area contributed by atoms with Gasteiger partial charge in [0.2, 0.25) is 0 Å². The van der Waals surface area contributed by atoms with Crippen molar-refractivity contribution in [2.45, 2.75) is 0 Å². The van der Waals surface area contributed by atoms with E-state index in [1.54, 1.807) is 24.3 Å². The van der Waals surface area contributed by atoms with Crippen LogP contribution in [0.15, 0.2) is 42.5 Å². The second-order valence-electron chi connectivity index (χ2n) is 5.98. The molecule has 1 fully saturated rings. The second-order valence-corrected chi connectivity index (χ2v) is 6.39. The Balaban J connectivity index is 1.62. The number of halogens is 2. The van der Waals surface area contributed by atoms with Gasteiger partial charge in [-0.05, 0) is 30.3 Å². The van der Waals surface area contributed by atoms with Crippen molar-refractivity contribution in [1.29, 1.82) is 0 Å². The van der Waals surface area contributed by atoms with Crippen LogP contribution in [-0.4, -0.2) is 48.3 Å². The van der Waals surface area contributed by atoms with Crippen molar-refractivity contribution in [2.24, 2.45) is 0 Å². The molecule has 3 rings (SSSR count). The number of rotatable bonds is 3. The summed E-state index contributed by atoms with van der Waals surface area (Å²) in [6, 6.07) is 10.3. The van der Waals surface area contributed by atoms with Crippen LogP contribution in [0.2, 0.25) is 5.02 Å². The van der Waals surface area contributed by atoms with Gasteiger partial charge in [-0.1, -0.05) is 23.7 Å². The summed E-state index contributed by atoms with van der Waals surface area (Å²) in [5.74, 6) is -0.526. The number of anilines is 3. The Kier molecular flexibility index (Phi) is 5.66. The van der Waals surface area contributed by atoms with Crippen LogP contribution in [0.3, 0.4) is 0 Å². The summed E-state index contributed by atoms with van der Waals surface area (Å²) < 4.78 is 13.6. The molecule has 9 heteroatoms. The third-order valence-corrected chi connectivity index (χ3v) is 4.52. The minimum atomic E-state index is -0.929. The fourth-order valence-electron chi connectivity index (χ4n) is 2.83. The summed E-state index contributed by atoms with van der Waals surface area (Å²) in [6.45, 7) is 1.87. The van der Waals surface area contributed by atoms with Gasteiger partial charge >= 0.3 is 12.1 Å². The maximum atomic E-state index is 13.6. The van der Waals surface area contributed by atoms with Gasteiger partial charge in [-0.15, -0.1) is 0 Å². The quantitative estimate of drug-likeness (QED) is 0.739. The Morgan fingerprint density at radius 3 is 2.37 bits per heavy atom. The number of benzene rings is 2. The standard InChI is InChI=1S/C18H18ClFN4O3/c19-13-11-12(21-17(25)22-15-4-2-1-3-14(15)20)5-6-16(13)23-7-9-24(10-8-23)18(26)27/h1-6,11H,7-10H2,(H,26,27)(H2,21,22,25). The molecule has 0 spiro atoms. The molecule has 3 amide bonds. The Morgan fingerprint density at radius 2 is 1.74 bits per heavy atom. The predicted molar refractivity (Wildman–Crippen MR) is 102 cm³/mol. The fourth-order valence-corrected chi connectivity index (χ4v) is 3.13. The van der Waals surface area contributed by atoms with Gasteiger partial charge in [0, 0.05) is 31.9 Å². The van der Waals surface area contributed by atoms with Crippen molar-refractivity contribution in [3.05, 3.63) is 53.3 Å². The maximum absolute atomic E-state index is 13.6. The van der Waals surface area contributed by atoms with Gasteiger partial charge in [0.15, 0.2) is 0 Å². The van der Waals surface area contributed by atoms with Gasteiger partial charge in [-0.3, -0.25) is 0 Å². The Hall–Kier alpha value is -3.00. The molecule has 0 atom stereocenters. The highest BCUT2D eigenvalue weighted by Gasteiger charge is 2.22. The Bertz CT molecular complexity index is 856. The number of amides is 3. The molecule has 0 saturated carbocycles. The summed E-state index contributed by atoms with van der Waals surface area (Å²) in [6.07, 6.45) is -0.929. The molecule has 2 aromatic rings. The number of hydrogen-bond acceptors (Lipinski definition) is 3. The maximum Gasteiger partial charge on any atom is 0.407 e. The lowest BCUT2D eigenvalue weighted by Crippen LogP contribution is -2.48. The van der Waals surface area contributed by atoms with Crippen LogP contribution in [0.4, 0.5) is 31.0 Å². The molecule has 0 aliphatic carbocycles. The van der Waals surface area contributed by atoms with Crippen LogP contribution >= 0.6 is 11.6 Å². The largest absolute Gasteiger partial charge is 0.465 e. The summed E-state index contributed by atoms with van der Waals surface area (Å²) in [5, 5.41) is 14.5. The first kappa shape index (κ1) is 18.8. The molecular weight excluding hydrogens is 375 g/mol. The predicted octanol–water partition coefficient (Wildman–Crippen LogP) is 3.92. The van der Waals surface area contributed by atoms with E-state index >= 15 is 0 Å². The van der Waals surface area contributed by atoms with Gasteiger partial charge in [0.25, 0.3) is 0 Å². The Labute approximate surface area is 160 Å². The second kappa shape index (κ2) is 8.13. The van der Waals surface area contributed by atoms with Crippen LogP contribution in [0, 0.1) is 5.82 Å². The molecule has 142 valence electrons. The normalized spacial score (nSPS) is 14.0. The number of carbonyl (C=O) groups excluding carboxylic acids is 1. The van der Waals surface area contributed by atoms with Crippen molar-refractivity contribution >= 4 is 40.8 Å². The topological polar surface area (TPSA) is 84.9 Å². The molecule has 0 bridgehead atoms. The number of piperazine rings is 1. The molecule has 1 saturated heterocycles. The highest BCUT2D eigenvalue weighted by atomic mass is 35.5. The van der Waals surface area contributed by atoms with Crippen molar-refractivity contribution in [3.8, 4) is 0 Å². The number of nitrogens with zero attached hydrogens (tertiary/aromatic N) is 2. The van der Waals surface area contributed by atoms with Crippen LogP contribution < -0.4 is 15.5 Å². The average Bonchev–Trinajstić information content (AvgIpc) is 2.64. The van der Waals surface area contributed by atoms with E-state index < -0.39 is 17.9 Å². The number of carboxylic acid groups (broad SMARTS) is 1. The number of para-hydroxylation sites is 1. The van der Waals surface area contributed by atoms with E-state index in [4.69, 9.17) is 16.7 Å². The smallest absolute Gasteiger partial charge is 0.407 e. The summed E-state index contributed by atoms with van der Waals surface area (Å²) in [7, 11) is 0. The molecule has 2 aromatic carbocycles. The molecular formula is C18H18ClFN4O3. The highest BCUT2D eigenvalue weighted by molar-refractivity contribution is 6.33. The third-order valence-electron chi connectivity index (χ3n) is 4.22. The van der Waals surface area contributed by atoms with Gasteiger partial charge in [0.1, 0.15) is 5.82 Å². The average molecular weight is 393 g/mol. The SMILES string of the molecule is O=C(Nc1ccc(N2CCN(C(=O)O)CC2)c(Cl)c1)Nc1ccccc1F. The van der Waals surface area contributed by atoms with Crippen molar-refractivity contribution in [1.82, 2.24) is 4.90 Å². The first-order chi connectivity index (χ1) is 12.9. The van der Waals surface area contributed by atoms with E-state index in [2.05, 4.69) is 10.6 Å². The van der Waals surface area contributed by atoms with Crippen LogP contribution in [0.25, 0.3) is 0 Å². The van der Waals surface area contributed by atoms with Crippen molar-refractivity contribution in [3.63, 3.8) is 0 Å². The lowest BCUT2D eigenvalue weighted by molar-refractivity contribution is 0.142. The number of urea groups is 1. The number of nitrogens with one attached hydrogen (secondary N) is 2. The molecule has 7 nitrogen and oxygen atoms in total. The molecule has 1 aliphatic heterocycles. The molecule has 0 aromatic heterocycles. The molecule has 1 heterocycles. The first-order valence-electron chi connectivity index (χ1n) is 8.29. The first-order valence-corrected chi connectivity index (χ1v) is 8.67. The zero-order chi connectivity index (χ0) is 19.4.